The molecule has 0 atom stereocenters. The van der Waals surface area contributed by atoms with Gasteiger partial charge in [-0.3, -0.25) is 4.90 Å². The first-order valence-electron chi connectivity index (χ1n) is 6.36. The molecular formula is C13H29NO. The molecule has 0 aromatic rings. The lowest BCUT2D eigenvalue weighted by molar-refractivity contribution is 0.0329. The summed E-state index contributed by atoms with van der Waals surface area (Å²) < 4.78 is 5.24. The first-order valence-corrected chi connectivity index (χ1v) is 6.36. The fourth-order valence-corrected chi connectivity index (χ4v) is 1.30. The van der Waals surface area contributed by atoms with Crippen molar-refractivity contribution < 1.29 is 4.74 Å². The fraction of sp³-hybridized carbons (Fsp3) is 1.00. The van der Waals surface area contributed by atoms with Crippen molar-refractivity contribution in [1.29, 1.82) is 0 Å². The zero-order valence-electron chi connectivity index (χ0n) is 11.3. The van der Waals surface area contributed by atoms with E-state index >= 15 is 0 Å². The fourth-order valence-electron chi connectivity index (χ4n) is 1.30. The van der Waals surface area contributed by atoms with Crippen molar-refractivity contribution in [2.24, 2.45) is 11.8 Å². The third-order valence-electron chi connectivity index (χ3n) is 2.54. The Morgan fingerprint density at radius 1 is 1.00 bits per heavy atom. The van der Waals surface area contributed by atoms with E-state index in [2.05, 4.69) is 39.5 Å². The van der Waals surface area contributed by atoms with Crippen LogP contribution in [0.4, 0.5) is 0 Å². The molecule has 0 aromatic carbocycles. The molecular weight excluding hydrogens is 186 g/mol. The summed E-state index contributed by atoms with van der Waals surface area (Å²) in [5, 5.41) is 0. The van der Waals surface area contributed by atoms with Gasteiger partial charge in [0.15, 0.2) is 0 Å². The smallest absolute Gasteiger partial charge is 0.0594 e. The van der Waals surface area contributed by atoms with Crippen LogP contribution in [0.25, 0.3) is 0 Å². The summed E-state index contributed by atoms with van der Waals surface area (Å²) >= 11 is 0. The molecule has 0 bridgehead atoms. The van der Waals surface area contributed by atoms with Crippen LogP contribution >= 0.6 is 0 Å². The molecule has 0 unspecified atom stereocenters. The standard InChI is InChI=1S/C8H17NO.C5H12/c1-8(2)7-9-3-5-10-6-4-9;1-4-5(2)3/h8H,3-7H2,1-2H3;5H,4H2,1-3H3. The molecule has 1 fully saturated rings. The molecule has 1 saturated heterocycles. The number of nitrogens with zero attached hydrogens (tertiary/aromatic N) is 1. The van der Waals surface area contributed by atoms with Gasteiger partial charge in [-0.15, -0.1) is 0 Å². The molecule has 1 aliphatic heterocycles. The van der Waals surface area contributed by atoms with E-state index in [1.54, 1.807) is 0 Å². The van der Waals surface area contributed by atoms with Crippen molar-refractivity contribution in [3.8, 4) is 0 Å². The van der Waals surface area contributed by atoms with Crippen LogP contribution < -0.4 is 0 Å². The number of ether oxygens (including phenoxy) is 1. The number of morpholine rings is 1. The van der Waals surface area contributed by atoms with Crippen molar-refractivity contribution >= 4 is 0 Å². The van der Waals surface area contributed by atoms with E-state index in [-0.39, 0.29) is 0 Å². The summed E-state index contributed by atoms with van der Waals surface area (Å²) in [4.78, 5) is 2.47. The van der Waals surface area contributed by atoms with E-state index in [0.29, 0.717) is 0 Å². The predicted molar refractivity (Wildman–Crippen MR) is 67.2 cm³/mol. The van der Waals surface area contributed by atoms with Gasteiger partial charge in [-0.25, -0.2) is 0 Å². The zero-order valence-corrected chi connectivity index (χ0v) is 11.3. The van der Waals surface area contributed by atoms with Crippen LogP contribution in [-0.4, -0.2) is 37.7 Å². The highest BCUT2D eigenvalue weighted by molar-refractivity contribution is 4.62. The molecule has 15 heavy (non-hydrogen) atoms. The monoisotopic (exact) mass is 215 g/mol. The van der Waals surface area contributed by atoms with Crippen LogP contribution in [-0.2, 0) is 4.74 Å². The molecule has 0 saturated carbocycles. The Hall–Kier alpha value is -0.0800. The maximum absolute atomic E-state index is 5.24. The quantitative estimate of drug-likeness (QED) is 0.717. The topological polar surface area (TPSA) is 12.5 Å². The van der Waals surface area contributed by atoms with Gasteiger partial charge in [0.2, 0.25) is 0 Å². The van der Waals surface area contributed by atoms with Crippen LogP contribution in [0.3, 0.4) is 0 Å². The van der Waals surface area contributed by atoms with Gasteiger partial charge in [-0.05, 0) is 11.8 Å². The molecule has 0 aromatic heterocycles. The van der Waals surface area contributed by atoms with E-state index in [0.717, 1.165) is 38.1 Å². The highest BCUT2D eigenvalue weighted by Gasteiger charge is 2.10. The summed E-state index contributed by atoms with van der Waals surface area (Å²) in [6, 6.07) is 0. The largest absolute Gasteiger partial charge is 0.379 e. The number of hydrogen-bond donors (Lipinski definition) is 0. The second-order valence-electron chi connectivity index (χ2n) is 5.11. The van der Waals surface area contributed by atoms with Crippen LogP contribution in [0.2, 0.25) is 0 Å². The summed E-state index contributed by atoms with van der Waals surface area (Å²) in [7, 11) is 0. The maximum Gasteiger partial charge on any atom is 0.0594 e. The van der Waals surface area contributed by atoms with E-state index in [9.17, 15) is 0 Å². The Balaban J connectivity index is 0.000000336. The summed E-state index contributed by atoms with van der Waals surface area (Å²) in [6.45, 7) is 16.5. The number of hydrogen-bond acceptors (Lipinski definition) is 2. The minimum Gasteiger partial charge on any atom is -0.379 e. The van der Waals surface area contributed by atoms with Crippen molar-refractivity contribution in [2.45, 2.75) is 41.0 Å². The second-order valence-corrected chi connectivity index (χ2v) is 5.11. The van der Waals surface area contributed by atoms with Crippen LogP contribution in [0.5, 0.6) is 0 Å². The van der Waals surface area contributed by atoms with E-state index < -0.39 is 0 Å². The first-order chi connectivity index (χ1) is 7.06. The van der Waals surface area contributed by atoms with Gasteiger partial charge in [0.05, 0.1) is 13.2 Å². The Bertz CT molecular complexity index is 128. The Labute approximate surface area is 96.0 Å². The minimum absolute atomic E-state index is 0.790. The summed E-state index contributed by atoms with van der Waals surface area (Å²) in [5.74, 6) is 1.67. The molecule has 1 aliphatic rings. The number of rotatable bonds is 3. The normalized spacial score (nSPS) is 17.8. The van der Waals surface area contributed by atoms with E-state index in [1.165, 1.54) is 13.0 Å². The van der Waals surface area contributed by atoms with Crippen LogP contribution in [0.15, 0.2) is 0 Å². The molecule has 92 valence electrons. The average molecular weight is 215 g/mol. The zero-order chi connectivity index (χ0) is 11.7. The van der Waals surface area contributed by atoms with Gasteiger partial charge >= 0.3 is 0 Å². The molecule has 1 rings (SSSR count). The van der Waals surface area contributed by atoms with E-state index in [4.69, 9.17) is 4.74 Å². The molecule has 0 amide bonds. The van der Waals surface area contributed by atoms with E-state index in [1.807, 2.05) is 0 Å². The molecule has 2 heteroatoms. The second kappa shape index (κ2) is 9.17. The Morgan fingerprint density at radius 3 is 1.80 bits per heavy atom. The van der Waals surface area contributed by atoms with Gasteiger partial charge in [0.25, 0.3) is 0 Å². The minimum atomic E-state index is 0.790. The molecule has 0 radical (unpaired) electrons. The van der Waals surface area contributed by atoms with Crippen molar-refractivity contribution in [2.75, 3.05) is 32.8 Å². The van der Waals surface area contributed by atoms with Crippen molar-refractivity contribution in [3.63, 3.8) is 0 Å². The molecule has 2 nitrogen and oxygen atoms in total. The van der Waals surface area contributed by atoms with Gasteiger partial charge in [0, 0.05) is 19.6 Å². The highest BCUT2D eigenvalue weighted by atomic mass is 16.5. The Morgan fingerprint density at radius 2 is 1.47 bits per heavy atom. The van der Waals surface area contributed by atoms with Gasteiger partial charge in [-0.1, -0.05) is 41.0 Å². The molecule has 1 heterocycles. The van der Waals surface area contributed by atoms with Crippen molar-refractivity contribution in [1.82, 2.24) is 4.90 Å². The lowest BCUT2D eigenvalue weighted by Crippen LogP contribution is -2.38. The third kappa shape index (κ3) is 10.2. The lowest BCUT2D eigenvalue weighted by Gasteiger charge is -2.27. The molecule has 0 spiro atoms. The molecule has 0 N–H and O–H groups in total. The Kier molecular flexibility index (Phi) is 9.12. The average Bonchev–Trinajstić information content (AvgIpc) is 2.19. The summed E-state index contributed by atoms with van der Waals surface area (Å²) in [5.41, 5.74) is 0. The SMILES string of the molecule is CC(C)CN1CCOCC1.CCC(C)C. The predicted octanol–water partition coefficient (Wildman–Crippen LogP) is 3.03. The summed E-state index contributed by atoms with van der Waals surface area (Å²) in [6.07, 6.45) is 1.31. The van der Waals surface area contributed by atoms with Gasteiger partial charge in [-0.2, -0.15) is 0 Å². The first kappa shape index (κ1) is 14.9. The highest BCUT2D eigenvalue weighted by Crippen LogP contribution is 2.01. The van der Waals surface area contributed by atoms with Crippen LogP contribution in [0, 0.1) is 11.8 Å². The maximum atomic E-state index is 5.24. The van der Waals surface area contributed by atoms with Gasteiger partial charge in [0.1, 0.15) is 0 Å². The van der Waals surface area contributed by atoms with Crippen LogP contribution in [0.1, 0.15) is 41.0 Å². The third-order valence-corrected chi connectivity index (χ3v) is 2.54. The van der Waals surface area contributed by atoms with Crippen molar-refractivity contribution in [3.05, 3.63) is 0 Å². The van der Waals surface area contributed by atoms with Gasteiger partial charge < -0.3 is 4.74 Å². The molecule has 0 aliphatic carbocycles. The lowest BCUT2D eigenvalue weighted by atomic mass is 10.2.